The van der Waals surface area contributed by atoms with E-state index in [2.05, 4.69) is 56.8 Å². The Morgan fingerprint density at radius 1 is 0.971 bits per heavy atom. The van der Waals surface area contributed by atoms with E-state index in [0.29, 0.717) is 22.9 Å². The van der Waals surface area contributed by atoms with Gasteiger partial charge in [0.2, 0.25) is 0 Å². The molecular formula is C26H30N8O. The second-order valence-corrected chi connectivity index (χ2v) is 9.38. The fraction of sp³-hybridized carbons (Fsp3) is 0.269. The van der Waals surface area contributed by atoms with Crippen molar-refractivity contribution >= 4 is 28.9 Å². The molecule has 4 rings (SSSR count). The van der Waals surface area contributed by atoms with Crippen LogP contribution in [0.1, 0.15) is 48.1 Å². The lowest BCUT2D eigenvalue weighted by molar-refractivity contribution is 0.102. The molecule has 0 bridgehead atoms. The number of nitrogens with zero attached hydrogens (tertiary/aromatic N) is 5. The summed E-state index contributed by atoms with van der Waals surface area (Å²) in [5.74, 6) is 1.89. The minimum Gasteiger partial charge on any atom is -0.373 e. The molecule has 0 fully saturated rings. The first-order valence-corrected chi connectivity index (χ1v) is 11.4. The van der Waals surface area contributed by atoms with Gasteiger partial charge in [0.15, 0.2) is 5.82 Å². The fourth-order valence-electron chi connectivity index (χ4n) is 3.52. The number of amides is 1. The van der Waals surface area contributed by atoms with Crippen LogP contribution in [0.5, 0.6) is 0 Å². The van der Waals surface area contributed by atoms with Crippen LogP contribution in [0.25, 0.3) is 5.82 Å². The van der Waals surface area contributed by atoms with E-state index in [-0.39, 0.29) is 11.3 Å². The molecule has 0 aliphatic rings. The van der Waals surface area contributed by atoms with Crippen LogP contribution in [-0.2, 0) is 5.41 Å². The molecule has 180 valence electrons. The smallest absolute Gasteiger partial charge is 0.255 e. The first kappa shape index (κ1) is 23.9. The Kier molecular flexibility index (Phi) is 6.50. The number of hydrogen-bond acceptors (Lipinski definition) is 7. The molecule has 1 amide bonds. The number of carbonyl (C=O) groups is 1. The van der Waals surface area contributed by atoms with Gasteiger partial charge in [-0.05, 0) is 43.7 Å². The van der Waals surface area contributed by atoms with Crippen LogP contribution in [0.2, 0.25) is 0 Å². The lowest BCUT2D eigenvalue weighted by Gasteiger charge is -2.18. The number of aromatic nitrogens is 5. The van der Waals surface area contributed by atoms with Gasteiger partial charge in [-0.1, -0.05) is 26.8 Å². The summed E-state index contributed by atoms with van der Waals surface area (Å²) < 4.78 is 1.73. The van der Waals surface area contributed by atoms with Crippen molar-refractivity contribution < 1.29 is 4.79 Å². The van der Waals surface area contributed by atoms with E-state index in [1.165, 1.54) is 6.33 Å². The number of carbonyl (C=O) groups excluding carboxylic acids is 1. The Morgan fingerprint density at radius 2 is 1.77 bits per heavy atom. The second-order valence-electron chi connectivity index (χ2n) is 9.38. The van der Waals surface area contributed by atoms with Crippen molar-refractivity contribution in [3.63, 3.8) is 0 Å². The van der Waals surface area contributed by atoms with Crippen LogP contribution in [0.4, 0.5) is 23.0 Å². The lowest BCUT2D eigenvalue weighted by Crippen LogP contribution is -2.17. The average Bonchev–Trinajstić information content (AvgIpc) is 3.20. The third kappa shape index (κ3) is 5.46. The molecule has 0 atom stereocenters. The number of nitrogens with one attached hydrogen (secondary N) is 3. The summed E-state index contributed by atoms with van der Waals surface area (Å²) in [6.45, 7) is 10.1. The van der Waals surface area contributed by atoms with Gasteiger partial charge in [0.1, 0.15) is 18.0 Å². The monoisotopic (exact) mass is 470 g/mol. The zero-order valence-corrected chi connectivity index (χ0v) is 20.8. The molecule has 0 saturated heterocycles. The number of hydrogen-bond donors (Lipinski definition) is 3. The van der Waals surface area contributed by atoms with Crippen molar-refractivity contribution in [2.45, 2.75) is 40.0 Å². The molecule has 0 radical (unpaired) electrons. The molecule has 0 spiro atoms. The maximum absolute atomic E-state index is 13.0. The van der Waals surface area contributed by atoms with Gasteiger partial charge in [-0.2, -0.15) is 9.78 Å². The van der Waals surface area contributed by atoms with Gasteiger partial charge in [0.05, 0.1) is 5.69 Å². The molecule has 4 aromatic rings. The maximum atomic E-state index is 13.0. The predicted octanol–water partition coefficient (Wildman–Crippen LogP) is 5.01. The molecule has 0 unspecified atom stereocenters. The molecule has 9 heteroatoms. The Hall–Kier alpha value is -4.27. The largest absolute Gasteiger partial charge is 0.373 e. The van der Waals surface area contributed by atoms with Crippen LogP contribution < -0.4 is 16.0 Å². The summed E-state index contributed by atoms with van der Waals surface area (Å²) in [5, 5.41) is 14.0. The van der Waals surface area contributed by atoms with Crippen molar-refractivity contribution in [3.8, 4) is 5.82 Å². The summed E-state index contributed by atoms with van der Waals surface area (Å²) in [6.07, 6.45) is 3.17. The number of benzene rings is 1. The van der Waals surface area contributed by atoms with E-state index >= 15 is 0 Å². The molecule has 1 aromatic carbocycles. The van der Waals surface area contributed by atoms with Crippen molar-refractivity contribution in [2.24, 2.45) is 0 Å². The number of aryl methyl sites for hydroxylation is 2. The van der Waals surface area contributed by atoms with Crippen LogP contribution in [0.15, 0.2) is 55.0 Å². The first-order valence-electron chi connectivity index (χ1n) is 11.4. The Labute approximate surface area is 205 Å². The molecule has 0 aliphatic carbocycles. The van der Waals surface area contributed by atoms with E-state index in [4.69, 9.17) is 0 Å². The second kappa shape index (κ2) is 9.54. The van der Waals surface area contributed by atoms with E-state index in [9.17, 15) is 4.79 Å². The molecule has 3 heterocycles. The molecule has 35 heavy (non-hydrogen) atoms. The average molecular weight is 471 g/mol. The third-order valence-corrected chi connectivity index (χ3v) is 5.51. The minimum atomic E-state index is -0.186. The zero-order valence-electron chi connectivity index (χ0n) is 20.8. The number of anilines is 4. The first-order chi connectivity index (χ1) is 16.6. The Morgan fingerprint density at radius 3 is 2.51 bits per heavy atom. The molecular weight excluding hydrogens is 440 g/mol. The van der Waals surface area contributed by atoms with Gasteiger partial charge < -0.3 is 16.0 Å². The Bertz CT molecular complexity index is 1370. The van der Waals surface area contributed by atoms with Crippen molar-refractivity contribution in [1.82, 2.24) is 24.7 Å². The maximum Gasteiger partial charge on any atom is 0.255 e. The topological polar surface area (TPSA) is 110 Å². The van der Waals surface area contributed by atoms with Crippen molar-refractivity contribution in [2.75, 3.05) is 23.0 Å². The third-order valence-electron chi connectivity index (χ3n) is 5.51. The van der Waals surface area contributed by atoms with E-state index in [0.717, 1.165) is 28.5 Å². The predicted molar refractivity (Wildman–Crippen MR) is 139 cm³/mol. The molecule has 9 nitrogen and oxygen atoms in total. The van der Waals surface area contributed by atoms with Gasteiger partial charge >= 0.3 is 0 Å². The minimum absolute atomic E-state index is 0.143. The van der Waals surface area contributed by atoms with Crippen molar-refractivity contribution in [3.05, 3.63) is 77.5 Å². The summed E-state index contributed by atoms with van der Waals surface area (Å²) in [6, 6.07) is 13.1. The highest BCUT2D eigenvalue weighted by Crippen LogP contribution is 2.27. The van der Waals surface area contributed by atoms with E-state index in [1.54, 1.807) is 24.0 Å². The highest BCUT2D eigenvalue weighted by molar-refractivity contribution is 6.04. The van der Waals surface area contributed by atoms with Crippen LogP contribution in [0, 0.1) is 13.8 Å². The summed E-state index contributed by atoms with van der Waals surface area (Å²) in [7, 11) is 1.80. The summed E-state index contributed by atoms with van der Waals surface area (Å²) in [4.78, 5) is 25.9. The van der Waals surface area contributed by atoms with E-state index < -0.39 is 0 Å². The van der Waals surface area contributed by atoms with Crippen molar-refractivity contribution in [1.29, 1.82) is 0 Å². The fourth-order valence-corrected chi connectivity index (χ4v) is 3.52. The highest BCUT2D eigenvalue weighted by atomic mass is 16.1. The molecule has 3 aromatic heterocycles. The number of rotatable bonds is 6. The molecule has 0 saturated carbocycles. The standard InChI is InChI=1S/C26H30N8O/c1-16-7-8-19(31-25(35)18-9-10-28-21(12-18)26(3,4)5)13-20(16)32-24-11-17(2)33-34(24)23-14-22(27-6)29-15-30-23/h7-15,32H,1-6H3,(H,31,35)(H,27,29,30). The molecule has 0 aliphatic heterocycles. The van der Waals surface area contributed by atoms with Gasteiger partial charge in [-0.3, -0.25) is 9.78 Å². The summed E-state index contributed by atoms with van der Waals surface area (Å²) in [5.41, 5.74) is 4.67. The normalized spacial score (nSPS) is 11.3. The zero-order chi connectivity index (χ0) is 25.2. The van der Waals surface area contributed by atoms with Gasteiger partial charge in [-0.25, -0.2) is 9.97 Å². The van der Waals surface area contributed by atoms with Gasteiger partial charge in [-0.15, -0.1) is 0 Å². The summed E-state index contributed by atoms with van der Waals surface area (Å²) >= 11 is 0. The van der Waals surface area contributed by atoms with Gasteiger partial charge in [0.25, 0.3) is 5.91 Å². The van der Waals surface area contributed by atoms with Crippen LogP contribution in [0.3, 0.4) is 0 Å². The van der Waals surface area contributed by atoms with E-state index in [1.807, 2.05) is 50.2 Å². The number of pyridine rings is 1. The molecule has 3 N–H and O–H groups in total. The Balaban J connectivity index is 1.59. The van der Waals surface area contributed by atoms with Crippen LogP contribution in [-0.4, -0.2) is 37.7 Å². The highest BCUT2D eigenvalue weighted by Gasteiger charge is 2.18. The quantitative estimate of drug-likeness (QED) is 0.363. The van der Waals surface area contributed by atoms with Crippen LogP contribution >= 0.6 is 0 Å². The van der Waals surface area contributed by atoms with Gasteiger partial charge in [0, 0.05) is 53.4 Å². The SMILES string of the molecule is CNc1cc(-n2nc(C)cc2Nc2cc(NC(=O)c3ccnc(C(C)(C)C)c3)ccc2C)ncn1. The lowest BCUT2D eigenvalue weighted by atomic mass is 9.91.